The van der Waals surface area contributed by atoms with Crippen LogP contribution in [0.15, 0.2) is 53.1 Å². The monoisotopic (exact) mass is 465 g/mol. The number of rotatable bonds is 6. The molecule has 2 heterocycles. The summed E-state index contributed by atoms with van der Waals surface area (Å²) in [6, 6.07) is 15.9. The third-order valence-electron chi connectivity index (χ3n) is 6.58. The molecule has 5 rings (SSSR count). The summed E-state index contributed by atoms with van der Waals surface area (Å²) in [6.07, 6.45) is 4.69. The quantitative estimate of drug-likeness (QED) is 0.572. The number of ether oxygens (including phenoxy) is 1. The second-order valence-electron chi connectivity index (χ2n) is 8.66. The van der Waals surface area contributed by atoms with Crippen LogP contribution in [0.4, 0.5) is 0 Å². The number of morpholine rings is 1. The van der Waals surface area contributed by atoms with Crippen LogP contribution in [0, 0.1) is 0 Å². The molecule has 1 aromatic heterocycles. The molecule has 0 radical (unpaired) electrons. The van der Waals surface area contributed by atoms with E-state index < -0.39 is 0 Å². The maximum atomic E-state index is 12.9. The smallest absolute Gasteiger partial charge is 0.273 e. The van der Waals surface area contributed by atoms with Gasteiger partial charge in [-0.2, -0.15) is 0 Å². The standard InChI is InChI=1S/C26H28ClN3O3/c27-22-8-4-3-7-21(22)24(30-11-13-32-14-12-30)17-28-26(31)23-16-25(33-29-23)20-10-9-18-5-1-2-6-19(18)15-20/h3-4,7-10,15-16,24H,1-2,5-6,11-14,17H2,(H,28,31)/t24-/m0/s1. The van der Waals surface area contributed by atoms with Gasteiger partial charge in [0.25, 0.3) is 5.91 Å². The van der Waals surface area contributed by atoms with E-state index in [0.29, 0.717) is 30.5 Å². The Kier molecular flexibility index (Phi) is 6.76. The number of nitrogens with one attached hydrogen (secondary N) is 1. The van der Waals surface area contributed by atoms with Crippen molar-refractivity contribution >= 4 is 17.5 Å². The number of carbonyl (C=O) groups is 1. The minimum Gasteiger partial charge on any atom is -0.379 e. The fourth-order valence-electron chi connectivity index (χ4n) is 4.76. The normalized spacial score (nSPS) is 17.4. The number of aryl methyl sites for hydroxylation is 2. The molecule has 2 aliphatic rings. The molecule has 1 saturated heterocycles. The van der Waals surface area contributed by atoms with Crippen molar-refractivity contribution in [2.24, 2.45) is 0 Å². The zero-order valence-electron chi connectivity index (χ0n) is 18.6. The number of benzene rings is 2. The molecule has 1 N–H and O–H groups in total. The van der Waals surface area contributed by atoms with Gasteiger partial charge in [-0.15, -0.1) is 0 Å². The first kappa shape index (κ1) is 22.1. The molecule has 1 fully saturated rings. The van der Waals surface area contributed by atoms with Crippen molar-refractivity contribution in [3.05, 3.63) is 75.9 Å². The average molecular weight is 466 g/mol. The van der Waals surface area contributed by atoms with E-state index in [1.54, 1.807) is 6.07 Å². The molecule has 172 valence electrons. The number of aromatic nitrogens is 1. The lowest BCUT2D eigenvalue weighted by atomic mass is 9.90. The minimum atomic E-state index is -0.256. The van der Waals surface area contributed by atoms with E-state index in [2.05, 4.69) is 33.6 Å². The highest BCUT2D eigenvalue weighted by Gasteiger charge is 2.25. The van der Waals surface area contributed by atoms with Gasteiger partial charge in [-0.25, -0.2) is 0 Å². The van der Waals surface area contributed by atoms with Crippen LogP contribution in [0.1, 0.15) is 46.1 Å². The minimum absolute atomic E-state index is 0.0430. The van der Waals surface area contributed by atoms with Gasteiger partial charge in [0.2, 0.25) is 0 Å². The molecule has 7 heteroatoms. The molecule has 33 heavy (non-hydrogen) atoms. The van der Waals surface area contributed by atoms with Crippen LogP contribution in [-0.4, -0.2) is 48.8 Å². The summed E-state index contributed by atoms with van der Waals surface area (Å²) in [7, 11) is 0. The Morgan fingerprint density at radius 1 is 1.06 bits per heavy atom. The van der Waals surface area contributed by atoms with Crippen molar-refractivity contribution in [1.29, 1.82) is 0 Å². The van der Waals surface area contributed by atoms with Crippen LogP contribution in [0.2, 0.25) is 5.02 Å². The molecule has 1 aliphatic heterocycles. The Morgan fingerprint density at radius 3 is 2.67 bits per heavy atom. The number of hydrogen-bond donors (Lipinski definition) is 1. The Balaban J connectivity index is 1.30. The molecule has 6 nitrogen and oxygen atoms in total. The second kappa shape index (κ2) is 10.1. The third-order valence-corrected chi connectivity index (χ3v) is 6.93. The van der Waals surface area contributed by atoms with Crippen molar-refractivity contribution in [2.75, 3.05) is 32.8 Å². The molecule has 0 unspecified atom stereocenters. The molecule has 0 bridgehead atoms. The summed E-state index contributed by atoms with van der Waals surface area (Å²) >= 11 is 6.49. The predicted molar refractivity (Wildman–Crippen MR) is 127 cm³/mol. The number of nitrogens with zero attached hydrogens (tertiary/aromatic N) is 2. The molecular formula is C26H28ClN3O3. The molecule has 1 aliphatic carbocycles. The summed E-state index contributed by atoms with van der Waals surface area (Å²) in [5, 5.41) is 7.77. The van der Waals surface area contributed by atoms with Gasteiger partial charge in [0.1, 0.15) is 0 Å². The van der Waals surface area contributed by atoms with Gasteiger partial charge in [0.15, 0.2) is 11.5 Å². The molecule has 2 aromatic carbocycles. The molecule has 1 atom stereocenters. The summed E-state index contributed by atoms with van der Waals surface area (Å²) in [5.74, 6) is 0.359. The Labute approximate surface area is 198 Å². The van der Waals surface area contributed by atoms with E-state index in [9.17, 15) is 4.79 Å². The number of carbonyl (C=O) groups excluding carboxylic acids is 1. The Morgan fingerprint density at radius 2 is 1.85 bits per heavy atom. The topological polar surface area (TPSA) is 67.6 Å². The highest BCUT2D eigenvalue weighted by Crippen LogP contribution is 2.29. The van der Waals surface area contributed by atoms with Crippen molar-refractivity contribution in [3.8, 4) is 11.3 Å². The first-order valence-corrected chi connectivity index (χ1v) is 12.0. The highest BCUT2D eigenvalue weighted by atomic mass is 35.5. The first-order chi connectivity index (χ1) is 16.2. The Hall–Kier alpha value is -2.67. The van der Waals surface area contributed by atoms with Gasteiger partial charge < -0.3 is 14.6 Å². The fraction of sp³-hybridized carbons (Fsp3) is 0.385. The van der Waals surface area contributed by atoms with Gasteiger partial charge in [-0.05, 0) is 54.5 Å². The lowest BCUT2D eigenvalue weighted by molar-refractivity contribution is 0.0162. The first-order valence-electron chi connectivity index (χ1n) is 11.6. The average Bonchev–Trinajstić information content (AvgIpc) is 3.36. The van der Waals surface area contributed by atoms with E-state index in [0.717, 1.165) is 37.1 Å². The molecule has 1 amide bonds. The largest absolute Gasteiger partial charge is 0.379 e. The predicted octanol–water partition coefficient (Wildman–Crippen LogP) is 4.68. The van der Waals surface area contributed by atoms with Crippen LogP contribution in [0.25, 0.3) is 11.3 Å². The number of amides is 1. The number of fused-ring (bicyclic) bond motifs is 1. The van der Waals surface area contributed by atoms with E-state index >= 15 is 0 Å². The van der Waals surface area contributed by atoms with Gasteiger partial charge in [-0.3, -0.25) is 9.69 Å². The summed E-state index contributed by atoms with van der Waals surface area (Å²) in [5.41, 5.74) is 5.02. The third kappa shape index (κ3) is 4.98. The van der Waals surface area contributed by atoms with Crippen molar-refractivity contribution in [1.82, 2.24) is 15.4 Å². The zero-order chi connectivity index (χ0) is 22.6. The summed E-state index contributed by atoms with van der Waals surface area (Å²) in [6.45, 7) is 3.34. The van der Waals surface area contributed by atoms with E-state index in [-0.39, 0.29) is 17.6 Å². The lowest BCUT2D eigenvalue weighted by Crippen LogP contribution is -2.44. The van der Waals surface area contributed by atoms with Crippen molar-refractivity contribution in [2.45, 2.75) is 31.7 Å². The maximum absolute atomic E-state index is 12.9. The summed E-state index contributed by atoms with van der Waals surface area (Å²) in [4.78, 5) is 15.2. The van der Waals surface area contributed by atoms with Crippen LogP contribution < -0.4 is 5.32 Å². The van der Waals surface area contributed by atoms with E-state index in [1.165, 1.54) is 24.0 Å². The van der Waals surface area contributed by atoms with Gasteiger partial charge in [0.05, 0.1) is 19.3 Å². The van der Waals surface area contributed by atoms with Crippen LogP contribution in [0.5, 0.6) is 0 Å². The fourth-order valence-corrected chi connectivity index (χ4v) is 5.02. The van der Waals surface area contributed by atoms with Gasteiger partial charge in [0, 0.05) is 36.3 Å². The van der Waals surface area contributed by atoms with E-state index in [4.69, 9.17) is 20.9 Å². The highest BCUT2D eigenvalue weighted by molar-refractivity contribution is 6.31. The zero-order valence-corrected chi connectivity index (χ0v) is 19.3. The maximum Gasteiger partial charge on any atom is 0.273 e. The van der Waals surface area contributed by atoms with Crippen LogP contribution in [-0.2, 0) is 17.6 Å². The molecule has 0 saturated carbocycles. The SMILES string of the molecule is O=C(NC[C@@H](c1ccccc1Cl)N1CCOCC1)c1cc(-c2ccc3c(c2)CCCC3)on1. The Bertz CT molecular complexity index is 1120. The molecule has 3 aromatic rings. The molecule has 0 spiro atoms. The van der Waals surface area contributed by atoms with Crippen LogP contribution >= 0.6 is 11.6 Å². The van der Waals surface area contributed by atoms with Crippen molar-refractivity contribution in [3.63, 3.8) is 0 Å². The van der Waals surface area contributed by atoms with Gasteiger partial charge in [-0.1, -0.05) is 47.1 Å². The van der Waals surface area contributed by atoms with E-state index in [1.807, 2.05) is 24.3 Å². The van der Waals surface area contributed by atoms with Gasteiger partial charge >= 0.3 is 0 Å². The van der Waals surface area contributed by atoms with Crippen LogP contribution in [0.3, 0.4) is 0 Å². The number of halogens is 1. The lowest BCUT2D eigenvalue weighted by Gasteiger charge is -2.35. The molecular weight excluding hydrogens is 438 g/mol. The number of hydrogen-bond acceptors (Lipinski definition) is 5. The van der Waals surface area contributed by atoms with Crippen molar-refractivity contribution < 1.29 is 14.1 Å². The second-order valence-corrected chi connectivity index (χ2v) is 9.07. The summed E-state index contributed by atoms with van der Waals surface area (Å²) < 4.78 is 11.0.